The minimum atomic E-state index is -0.713. The molecule has 1 aromatic heterocycles. The number of thiophene rings is 1. The van der Waals surface area contributed by atoms with Crippen molar-refractivity contribution >= 4 is 28.6 Å². The van der Waals surface area contributed by atoms with Crippen LogP contribution >= 0.6 is 11.3 Å². The van der Waals surface area contributed by atoms with Crippen LogP contribution in [-0.4, -0.2) is 49.3 Å². The van der Waals surface area contributed by atoms with Gasteiger partial charge in [0.2, 0.25) is 0 Å². The quantitative estimate of drug-likeness (QED) is 0.526. The molecule has 1 aromatic carbocycles. The highest BCUT2D eigenvalue weighted by Crippen LogP contribution is 2.44. The number of rotatable bonds is 7. The Bertz CT molecular complexity index is 1100. The van der Waals surface area contributed by atoms with E-state index in [9.17, 15) is 9.90 Å². The van der Waals surface area contributed by atoms with Crippen molar-refractivity contribution in [1.29, 1.82) is 0 Å². The first-order chi connectivity index (χ1) is 15.9. The smallest absolute Gasteiger partial charge is 0.253 e. The lowest BCUT2D eigenvalue weighted by atomic mass is 9.91. The second kappa shape index (κ2) is 9.84. The maximum Gasteiger partial charge on any atom is 0.253 e. The lowest BCUT2D eigenvalue weighted by Gasteiger charge is -2.35. The monoisotopic (exact) mass is 484 g/mol. The van der Waals surface area contributed by atoms with E-state index in [0.717, 1.165) is 22.5 Å². The van der Waals surface area contributed by atoms with Crippen LogP contribution in [0.1, 0.15) is 51.8 Å². The summed E-state index contributed by atoms with van der Waals surface area (Å²) >= 11 is 1.60. The van der Waals surface area contributed by atoms with Crippen LogP contribution in [0, 0.1) is 5.92 Å². The highest BCUT2D eigenvalue weighted by molar-refractivity contribution is 7.08. The molecule has 184 valence electrons. The number of methoxy groups -OCH3 is 1. The van der Waals surface area contributed by atoms with Crippen molar-refractivity contribution in [2.24, 2.45) is 5.92 Å². The molecule has 3 rings (SSSR count). The maximum atomic E-state index is 13.4. The number of amides is 1. The van der Waals surface area contributed by atoms with Gasteiger partial charge in [-0.1, -0.05) is 20.4 Å². The molecule has 6 nitrogen and oxygen atoms in total. The number of anilines is 1. The van der Waals surface area contributed by atoms with E-state index in [4.69, 9.17) is 9.47 Å². The fourth-order valence-electron chi connectivity index (χ4n) is 3.86. The van der Waals surface area contributed by atoms with Crippen molar-refractivity contribution in [2.75, 3.05) is 32.7 Å². The number of ether oxygens (including phenoxy) is 2. The number of hydrogen-bond acceptors (Lipinski definition) is 6. The van der Waals surface area contributed by atoms with E-state index in [1.54, 1.807) is 30.4 Å². The van der Waals surface area contributed by atoms with Crippen molar-refractivity contribution < 1.29 is 19.4 Å². The summed E-state index contributed by atoms with van der Waals surface area (Å²) in [5.41, 5.74) is 4.06. The molecule has 0 radical (unpaired) electrons. The normalized spacial score (nSPS) is 14.4. The van der Waals surface area contributed by atoms with E-state index in [1.807, 2.05) is 65.2 Å². The molecular formula is C27H36N2O4S. The van der Waals surface area contributed by atoms with Crippen LogP contribution in [0.3, 0.4) is 0 Å². The van der Waals surface area contributed by atoms with Crippen molar-refractivity contribution in [2.45, 2.75) is 46.3 Å². The first-order valence-corrected chi connectivity index (χ1v) is 12.3. The summed E-state index contributed by atoms with van der Waals surface area (Å²) in [5.74, 6) is 1.06. The maximum absolute atomic E-state index is 13.4. The highest BCUT2D eigenvalue weighted by Gasteiger charge is 2.33. The summed E-state index contributed by atoms with van der Waals surface area (Å²) in [5, 5.41) is 15.0. The van der Waals surface area contributed by atoms with Crippen LogP contribution in [0.5, 0.6) is 11.5 Å². The van der Waals surface area contributed by atoms with E-state index < -0.39 is 6.10 Å². The third kappa shape index (κ3) is 4.86. The number of fused-ring (bicyclic) bond motifs is 1. The van der Waals surface area contributed by atoms with Gasteiger partial charge in [0.1, 0.15) is 18.1 Å². The number of carbonyl (C=O) groups is 1. The summed E-state index contributed by atoms with van der Waals surface area (Å²) in [4.78, 5) is 17.1. The van der Waals surface area contributed by atoms with E-state index >= 15 is 0 Å². The molecular weight excluding hydrogens is 448 g/mol. The highest BCUT2D eigenvalue weighted by atomic mass is 32.1. The van der Waals surface area contributed by atoms with Crippen molar-refractivity contribution in [1.82, 2.24) is 4.90 Å². The van der Waals surface area contributed by atoms with Crippen molar-refractivity contribution in [3.8, 4) is 11.5 Å². The predicted molar refractivity (Wildman–Crippen MR) is 140 cm³/mol. The van der Waals surface area contributed by atoms with Gasteiger partial charge in [-0.15, -0.1) is 0 Å². The molecule has 0 saturated heterocycles. The molecule has 0 aliphatic carbocycles. The zero-order valence-electron chi connectivity index (χ0n) is 21.4. The largest absolute Gasteiger partial charge is 0.496 e. The first kappa shape index (κ1) is 25.8. The Morgan fingerprint density at radius 1 is 1.26 bits per heavy atom. The lowest BCUT2D eigenvalue weighted by molar-refractivity contribution is -0.129. The third-order valence-corrected chi connectivity index (χ3v) is 7.03. The predicted octanol–water partition coefficient (Wildman–Crippen LogP) is 5.50. The SMILES string of the molecule is C=C(C(=O)N(C)C(C)(C)C)C1=C(N(C)c2ccsc2)c2cc(C(O)C(C)C)c(OC)cc2OC1. The number of aliphatic hydroxyl groups is 1. The molecule has 1 atom stereocenters. The van der Waals surface area contributed by atoms with Gasteiger partial charge in [-0.3, -0.25) is 4.79 Å². The van der Waals surface area contributed by atoms with E-state index in [1.165, 1.54) is 0 Å². The molecule has 1 amide bonds. The van der Waals surface area contributed by atoms with Gasteiger partial charge in [-0.2, -0.15) is 11.3 Å². The minimum absolute atomic E-state index is 0.00468. The second-order valence-electron chi connectivity index (χ2n) is 9.95. The van der Waals surface area contributed by atoms with Crippen LogP contribution in [0.4, 0.5) is 5.69 Å². The summed E-state index contributed by atoms with van der Waals surface area (Å²) in [6, 6.07) is 5.77. The Morgan fingerprint density at radius 3 is 2.47 bits per heavy atom. The molecule has 1 aliphatic heterocycles. The Labute approximate surface area is 207 Å². The van der Waals surface area contributed by atoms with Gasteiger partial charge in [0.15, 0.2) is 0 Å². The molecule has 1 unspecified atom stereocenters. The van der Waals surface area contributed by atoms with Gasteiger partial charge in [-0.05, 0) is 44.2 Å². The zero-order chi connectivity index (χ0) is 25.4. The minimum Gasteiger partial charge on any atom is -0.496 e. The Kier molecular flexibility index (Phi) is 7.48. The Balaban J connectivity index is 2.24. The summed E-state index contributed by atoms with van der Waals surface area (Å²) in [7, 11) is 5.35. The van der Waals surface area contributed by atoms with Crippen LogP contribution < -0.4 is 14.4 Å². The lowest BCUT2D eigenvalue weighted by Crippen LogP contribution is -2.43. The molecule has 7 heteroatoms. The van der Waals surface area contributed by atoms with E-state index in [0.29, 0.717) is 22.6 Å². The molecule has 0 fully saturated rings. The van der Waals surface area contributed by atoms with E-state index in [-0.39, 0.29) is 24.0 Å². The second-order valence-corrected chi connectivity index (χ2v) is 10.7. The zero-order valence-corrected chi connectivity index (χ0v) is 22.2. The fourth-order valence-corrected chi connectivity index (χ4v) is 4.53. The van der Waals surface area contributed by atoms with Crippen molar-refractivity contribution in [3.63, 3.8) is 0 Å². The first-order valence-electron chi connectivity index (χ1n) is 11.4. The summed E-state index contributed by atoms with van der Waals surface area (Å²) in [6.45, 7) is 14.3. The standard InChI is InChI=1S/C27H36N2O4S/c1-16(2)25(30)20-12-19-23(13-22(20)32-9)33-14-21(17(3)26(31)29(8)27(4,5)6)24(19)28(7)18-10-11-34-15-18/h10-13,15-16,25,30H,3,14H2,1-2,4-9H3. The average Bonchev–Trinajstić information content (AvgIpc) is 3.34. The summed E-state index contributed by atoms with van der Waals surface area (Å²) in [6.07, 6.45) is -0.713. The molecule has 0 spiro atoms. The van der Waals surface area contributed by atoms with Gasteiger partial charge >= 0.3 is 0 Å². The fraction of sp³-hybridized carbons (Fsp3) is 0.444. The van der Waals surface area contributed by atoms with Crippen LogP contribution in [-0.2, 0) is 4.79 Å². The molecule has 1 aliphatic rings. The number of carbonyl (C=O) groups excluding carboxylic acids is 1. The van der Waals surface area contributed by atoms with Crippen LogP contribution in [0.2, 0.25) is 0 Å². The van der Waals surface area contributed by atoms with Gasteiger partial charge < -0.3 is 24.4 Å². The molecule has 34 heavy (non-hydrogen) atoms. The molecule has 2 heterocycles. The number of hydrogen-bond donors (Lipinski definition) is 1. The van der Waals surface area contributed by atoms with Crippen LogP contribution in [0.25, 0.3) is 5.70 Å². The molecule has 0 bridgehead atoms. The van der Waals surface area contributed by atoms with Gasteiger partial charge in [0.25, 0.3) is 5.91 Å². The number of nitrogens with zero attached hydrogens (tertiary/aromatic N) is 2. The van der Waals surface area contributed by atoms with Crippen LogP contribution in [0.15, 0.2) is 46.7 Å². The average molecular weight is 485 g/mol. The Hall–Kier alpha value is -2.77. The molecule has 0 saturated carbocycles. The number of likely N-dealkylation sites (N-methyl/N-ethyl adjacent to an activating group) is 1. The number of benzene rings is 1. The molecule has 1 N–H and O–H groups in total. The van der Waals surface area contributed by atoms with Gasteiger partial charge in [0.05, 0.1) is 24.6 Å². The van der Waals surface area contributed by atoms with Gasteiger partial charge in [0, 0.05) is 53.4 Å². The Morgan fingerprint density at radius 2 is 1.94 bits per heavy atom. The topological polar surface area (TPSA) is 62.2 Å². The van der Waals surface area contributed by atoms with E-state index in [2.05, 4.69) is 16.9 Å². The summed E-state index contributed by atoms with van der Waals surface area (Å²) < 4.78 is 11.7. The third-order valence-electron chi connectivity index (χ3n) is 6.36. The number of aliphatic hydroxyl groups excluding tert-OH is 1. The van der Waals surface area contributed by atoms with Crippen molar-refractivity contribution in [3.05, 3.63) is 57.8 Å². The van der Waals surface area contributed by atoms with Gasteiger partial charge in [-0.25, -0.2) is 0 Å². The molecule has 2 aromatic rings.